The van der Waals surface area contributed by atoms with Gasteiger partial charge in [-0.1, -0.05) is 53.3 Å². The van der Waals surface area contributed by atoms with Crippen molar-refractivity contribution in [3.8, 4) is 0 Å². The molecule has 4 bridgehead atoms. The molecule has 5 heterocycles. The number of hydrogen-bond donors (Lipinski definition) is 0. The van der Waals surface area contributed by atoms with Gasteiger partial charge in [-0.15, -0.1) is 0 Å². The first-order valence-electron chi connectivity index (χ1n) is 4.77. The van der Waals surface area contributed by atoms with E-state index in [1.54, 1.807) is 12.4 Å². The van der Waals surface area contributed by atoms with Crippen molar-refractivity contribution in [2.75, 3.05) is 0 Å². The Kier molecular flexibility index (Phi) is 6.40. The van der Waals surface area contributed by atoms with Crippen LogP contribution < -0.4 is 0 Å². The maximum Gasteiger partial charge on any atom is 0.128 e. The fourth-order valence-corrected chi connectivity index (χ4v) is 222. The molecule has 1 aromatic rings. The van der Waals surface area contributed by atoms with E-state index < -0.39 is 14.6 Å². The van der Waals surface area contributed by atoms with Crippen LogP contribution in [0.4, 0.5) is 0 Å². The Morgan fingerprint density at radius 3 is 1.00 bits per heavy atom. The lowest BCUT2D eigenvalue weighted by atomic mass is 10.5. The summed E-state index contributed by atoms with van der Waals surface area (Å²) in [6, 6.07) is 5.72. The molecule has 0 aromatic carbocycles. The third kappa shape index (κ3) is 4.52. The Hall–Kier alpha value is 3.85. The predicted octanol–water partition coefficient (Wildman–Crippen LogP) is 8.41. The van der Waals surface area contributed by atoms with Crippen LogP contribution in [-0.2, 0) is 47.2 Å². The van der Waals surface area contributed by atoms with E-state index in [9.17, 15) is 0 Å². The molecule has 4 aliphatic rings. The van der Waals surface area contributed by atoms with E-state index in [2.05, 4.69) is 4.98 Å². The second-order valence-electron chi connectivity index (χ2n) is 3.30. The minimum Gasteiger partial charge on any atom is -0.265 e. The summed E-state index contributed by atoms with van der Waals surface area (Å²) in [5.41, 5.74) is 0. The van der Waals surface area contributed by atoms with Gasteiger partial charge in [0, 0.05) is 12.4 Å². The highest BCUT2D eigenvalue weighted by atomic mass is 34.1. The Labute approximate surface area is 161 Å². The average Bonchev–Trinajstić information content (AvgIpc) is 2.23. The van der Waals surface area contributed by atoms with Crippen molar-refractivity contribution in [1.29, 1.82) is 0 Å². The van der Waals surface area contributed by atoms with E-state index in [0.29, 0.717) is 0 Å². The summed E-state index contributed by atoms with van der Waals surface area (Å²) >= 11 is 34.5. The van der Waals surface area contributed by atoms with Crippen LogP contribution in [0.25, 0.3) is 0 Å². The summed E-state index contributed by atoms with van der Waals surface area (Å²) in [5, 5.41) is 0. The predicted molar refractivity (Wildman–Crippen MR) is 127 cm³/mol. The van der Waals surface area contributed by atoms with Crippen LogP contribution in [0, 0.1) is 0 Å². The van der Waals surface area contributed by atoms with Crippen molar-refractivity contribution in [2.24, 2.45) is 0 Å². The van der Waals surface area contributed by atoms with Crippen molar-refractivity contribution >= 4 is 128 Å². The van der Waals surface area contributed by atoms with Gasteiger partial charge in [-0.05, 0) is 78.1 Å². The first-order valence-corrected chi connectivity index (χ1v) is 28.1. The molecule has 20 heavy (non-hydrogen) atoms. The topological polar surface area (TPSA) is 12.9 Å². The molecule has 4 fully saturated rings. The van der Waals surface area contributed by atoms with Gasteiger partial charge in [0.2, 0.25) is 0 Å². The fraction of sp³-hybridized carbons (Fsp3) is 0. The molecule has 0 atom stereocenters. The first-order chi connectivity index (χ1) is 9.24. The summed E-state index contributed by atoms with van der Waals surface area (Å²) in [7, 11) is 0. The van der Waals surface area contributed by atoms with Gasteiger partial charge in [0.05, 0.1) is 0 Å². The molecule has 0 amide bonds. The molecule has 15 heteroatoms. The fourth-order valence-electron chi connectivity index (χ4n) is 1.23. The van der Waals surface area contributed by atoms with E-state index in [0.717, 1.165) is 0 Å². The Morgan fingerprint density at radius 2 is 0.850 bits per heavy atom. The third-order valence-electron chi connectivity index (χ3n) is 1.77. The van der Waals surface area contributed by atoms with Crippen molar-refractivity contribution in [1.82, 2.24) is 4.98 Å². The standard InChI is InChI=1S/C5H5N.P4S10/c1-2-4-6-5-3-1;5-1-9-2(6)12-3(7,10-1)14-4(8,11-1)13-2/h1-5H;. The summed E-state index contributed by atoms with van der Waals surface area (Å²) in [6.07, 6.45) is 3.50. The van der Waals surface area contributed by atoms with Gasteiger partial charge in [-0.3, -0.25) is 4.98 Å². The average molecular weight is 524 g/mol. The van der Waals surface area contributed by atoms with Gasteiger partial charge in [0.15, 0.2) is 0 Å². The molecule has 1 aromatic heterocycles. The summed E-state index contributed by atoms with van der Waals surface area (Å²) in [6.45, 7) is 0. The Morgan fingerprint density at radius 1 is 0.550 bits per heavy atom. The lowest BCUT2D eigenvalue weighted by molar-refractivity contribution is 1.33. The van der Waals surface area contributed by atoms with Crippen LogP contribution in [0.1, 0.15) is 0 Å². The molecule has 1 nitrogen and oxygen atoms in total. The molecule has 0 unspecified atom stereocenters. The normalized spacial score (nSPS) is 48.4. The zero-order valence-corrected chi connectivity index (χ0v) is 20.9. The lowest BCUT2D eigenvalue weighted by Crippen LogP contribution is -1.83. The second-order valence-corrected chi connectivity index (χ2v) is 62.6. The van der Waals surface area contributed by atoms with Crippen LogP contribution in [-0.4, -0.2) is 4.98 Å². The zero-order chi connectivity index (χ0) is 14.5. The van der Waals surface area contributed by atoms with Gasteiger partial charge in [0.1, 0.15) is 14.6 Å². The van der Waals surface area contributed by atoms with Crippen LogP contribution >= 0.6 is 80.6 Å². The zero-order valence-electron chi connectivity index (χ0n) is 9.21. The molecular formula is C5H5NP4S10. The minimum absolute atomic E-state index is 1.41. The number of pyridine rings is 1. The first kappa shape index (κ1) is 18.6. The molecule has 0 aliphatic carbocycles. The second kappa shape index (κ2) is 6.87. The van der Waals surface area contributed by atoms with Gasteiger partial charge in [-0.25, -0.2) is 0 Å². The van der Waals surface area contributed by atoms with Gasteiger partial charge in [-0.2, -0.15) is 0 Å². The SMILES string of the molecule is S=P12SP3(=S)SP(=S)(S1)SP(=S)(S2)S3.c1ccncc1. The summed E-state index contributed by atoms with van der Waals surface area (Å²) in [5.74, 6) is 0. The van der Waals surface area contributed by atoms with Gasteiger partial charge >= 0.3 is 0 Å². The number of aromatic nitrogens is 1. The monoisotopic (exact) mass is 523 g/mol. The van der Waals surface area contributed by atoms with E-state index in [1.165, 1.54) is 0 Å². The van der Waals surface area contributed by atoms with Crippen LogP contribution in [0.5, 0.6) is 0 Å². The maximum absolute atomic E-state index is 5.75. The van der Waals surface area contributed by atoms with Crippen molar-refractivity contribution in [2.45, 2.75) is 0 Å². The van der Waals surface area contributed by atoms with Gasteiger partial charge in [0.25, 0.3) is 0 Å². The molecule has 5 rings (SSSR count). The van der Waals surface area contributed by atoms with Crippen LogP contribution in [0.15, 0.2) is 30.6 Å². The molecule has 0 saturated carbocycles. The quantitative estimate of drug-likeness (QED) is 0.304. The molecular weight excluding hydrogens is 519 g/mol. The Balaban J connectivity index is 0.000000170. The van der Waals surface area contributed by atoms with E-state index in [4.69, 9.17) is 47.2 Å². The van der Waals surface area contributed by atoms with E-state index in [1.807, 2.05) is 84.2 Å². The summed E-state index contributed by atoms with van der Waals surface area (Å²) in [4.78, 5) is 3.78. The van der Waals surface area contributed by atoms with Crippen LogP contribution in [0.3, 0.4) is 0 Å². The van der Waals surface area contributed by atoms with E-state index in [-0.39, 0.29) is 0 Å². The molecule has 110 valence electrons. The highest BCUT2D eigenvalue weighted by molar-refractivity contribution is 9.83. The van der Waals surface area contributed by atoms with Crippen molar-refractivity contribution in [3.05, 3.63) is 30.6 Å². The smallest absolute Gasteiger partial charge is 0.128 e. The van der Waals surface area contributed by atoms with Crippen molar-refractivity contribution in [3.63, 3.8) is 0 Å². The molecule has 0 radical (unpaired) electrons. The molecule has 4 aliphatic heterocycles. The maximum atomic E-state index is 5.75. The summed E-state index contributed by atoms with van der Waals surface area (Å²) < 4.78 is -5.64. The number of rotatable bonds is 0. The number of nitrogens with zero attached hydrogens (tertiary/aromatic N) is 1. The van der Waals surface area contributed by atoms with E-state index >= 15 is 0 Å². The largest absolute Gasteiger partial charge is 0.265 e. The Bertz CT molecular complexity index is 538. The van der Waals surface area contributed by atoms with Crippen LogP contribution in [0.2, 0.25) is 0 Å². The highest BCUT2D eigenvalue weighted by Crippen LogP contribution is 3.30. The van der Waals surface area contributed by atoms with Crippen molar-refractivity contribution < 1.29 is 0 Å². The number of hydrogen-bond acceptors (Lipinski definition) is 11. The third-order valence-corrected chi connectivity index (χ3v) is 97.8. The lowest BCUT2D eigenvalue weighted by Gasteiger charge is -2.51. The highest BCUT2D eigenvalue weighted by Gasteiger charge is 2.60. The minimum atomic E-state index is -1.41. The molecule has 0 spiro atoms. The molecule has 0 N–H and O–H groups in total. The van der Waals surface area contributed by atoms with Gasteiger partial charge < -0.3 is 0 Å². The molecule has 4 saturated heterocycles.